The van der Waals surface area contributed by atoms with E-state index in [0.29, 0.717) is 21.4 Å². The molecule has 2 aromatic carbocycles. The second-order valence-electron chi connectivity index (χ2n) is 4.28. The highest BCUT2D eigenvalue weighted by molar-refractivity contribution is 6.34. The van der Waals surface area contributed by atoms with E-state index in [4.69, 9.17) is 33.7 Å². The summed E-state index contributed by atoms with van der Waals surface area (Å²) in [6.45, 7) is 2.00. The molecular weight excluding hydrogens is 311 g/mol. The van der Waals surface area contributed by atoms with Gasteiger partial charge >= 0.3 is 5.97 Å². The Balaban J connectivity index is 2.41. The molecule has 0 aliphatic carbocycles. The van der Waals surface area contributed by atoms with Gasteiger partial charge in [-0.2, -0.15) is 0 Å². The Morgan fingerprint density at radius 1 is 1.24 bits per heavy atom. The standard InChI is InChI=1S/C15H14Cl2N2O2/c1-2-21-15(20)12-7-10(18)8-13(17)14(12)19-11-5-3-9(16)4-6-11/h3-8,19H,2,18H2,1H3. The van der Waals surface area contributed by atoms with Crippen LogP contribution >= 0.6 is 23.2 Å². The Bertz CT molecular complexity index is 657. The average Bonchev–Trinajstić information content (AvgIpc) is 2.44. The van der Waals surface area contributed by atoms with Gasteiger partial charge in [-0.25, -0.2) is 4.79 Å². The number of nitrogen functional groups attached to an aromatic ring is 1. The lowest BCUT2D eigenvalue weighted by Gasteiger charge is -2.14. The molecule has 110 valence electrons. The Labute approximate surface area is 132 Å². The Hall–Kier alpha value is -1.91. The summed E-state index contributed by atoms with van der Waals surface area (Å²) in [7, 11) is 0. The van der Waals surface area contributed by atoms with E-state index >= 15 is 0 Å². The van der Waals surface area contributed by atoms with Crippen LogP contribution in [-0.2, 0) is 4.74 Å². The maximum atomic E-state index is 12.0. The number of rotatable bonds is 4. The van der Waals surface area contributed by atoms with Crippen molar-refractivity contribution >= 4 is 46.2 Å². The van der Waals surface area contributed by atoms with Crippen LogP contribution in [0.2, 0.25) is 10.0 Å². The van der Waals surface area contributed by atoms with Crippen LogP contribution in [0.4, 0.5) is 17.1 Å². The SMILES string of the molecule is CCOC(=O)c1cc(N)cc(Cl)c1Nc1ccc(Cl)cc1. The van der Waals surface area contributed by atoms with Gasteiger partial charge in [-0.15, -0.1) is 0 Å². The number of nitrogens with one attached hydrogen (secondary N) is 1. The Morgan fingerprint density at radius 2 is 1.90 bits per heavy atom. The normalized spacial score (nSPS) is 10.2. The van der Waals surface area contributed by atoms with E-state index in [1.54, 1.807) is 37.3 Å². The van der Waals surface area contributed by atoms with Gasteiger partial charge in [0, 0.05) is 16.4 Å². The molecule has 4 nitrogen and oxygen atoms in total. The molecule has 0 amide bonds. The van der Waals surface area contributed by atoms with Crippen molar-refractivity contribution in [2.24, 2.45) is 0 Å². The first kappa shape index (κ1) is 15.5. The zero-order chi connectivity index (χ0) is 15.4. The fourth-order valence-electron chi connectivity index (χ4n) is 1.80. The molecule has 0 aliphatic rings. The second kappa shape index (κ2) is 6.70. The summed E-state index contributed by atoms with van der Waals surface area (Å²) in [4.78, 5) is 12.0. The third kappa shape index (κ3) is 3.80. The molecule has 0 saturated carbocycles. The van der Waals surface area contributed by atoms with Gasteiger partial charge in [0.2, 0.25) is 0 Å². The number of halogens is 2. The third-order valence-corrected chi connectivity index (χ3v) is 3.27. The predicted molar refractivity (Wildman–Crippen MR) is 86.6 cm³/mol. The maximum absolute atomic E-state index is 12.0. The van der Waals surface area contributed by atoms with Crippen LogP contribution < -0.4 is 11.1 Å². The van der Waals surface area contributed by atoms with Crippen molar-refractivity contribution in [3.8, 4) is 0 Å². The van der Waals surface area contributed by atoms with Gasteiger partial charge < -0.3 is 15.8 Å². The van der Waals surface area contributed by atoms with Gasteiger partial charge in [0.15, 0.2) is 0 Å². The van der Waals surface area contributed by atoms with Crippen LogP contribution in [0, 0.1) is 0 Å². The molecule has 0 atom stereocenters. The molecular formula is C15H14Cl2N2O2. The van der Waals surface area contributed by atoms with E-state index in [1.807, 2.05) is 0 Å². The fraction of sp³-hybridized carbons (Fsp3) is 0.133. The van der Waals surface area contributed by atoms with Crippen LogP contribution in [0.15, 0.2) is 36.4 Å². The Morgan fingerprint density at radius 3 is 2.52 bits per heavy atom. The van der Waals surface area contributed by atoms with Gasteiger partial charge in [-0.3, -0.25) is 0 Å². The molecule has 6 heteroatoms. The minimum Gasteiger partial charge on any atom is -0.462 e. The molecule has 0 aliphatic heterocycles. The molecule has 0 unspecified atom stereocenters. The highest BCUT2D eigenvalue weighted by Crippen LogP contribution is 2.32. The highest BCUT2D eigenvalue weighted by Gasteiger charge is 2.17. The lowest BCUT2D eigenvalue weighted by molar-refractivity contribution is 0.0527. The molecule has 21 heavy (non-hydrogen) atoms. The van der Waals surface area contributed by atoms with Crippen LogP contribution in [0.5, 0.6) is 0 Å². The van der Waals surface area contributed by atoms with Gasteiger partial charge in [0.25, 0.3) is 0 Å². The monoisotopic (exact) mass is 324 g/mol. The molecule has 2 rings (SSSR count). The van der Waals surface area contributed by atoms with E-state index < -0.39 is 5.97 Å². The third-order valence-electron chi connectivity index (χ3n) is 2.72. The van der Waals surface area contributed by atoms with E-state index in [1.165, 1.54) is 6.07 Å². The Kier molecular flexibility index (Phi) is 4.94. The van der Waals surface area contributed by atoms with Crippen molar-refractivity contribution in [2.75, 3.05) is 17.7 Å². The quantitative estimate of drug-likeness (QED) is 0.642. The number of carbonyl (C=O) groups is 1. The number of carbonyl (C=O) groups excluding carboxylic acids is 1. The summed E-state index contributed by atoms with van der Waals surface area (Å²) >= 11 is 12.0. The van der Waals surface area contributed by atoms with Crippen molar-refractivity contribution in [2.45, 2.75) is 6.92 Å². The summed E-state index contributed by atoms with van der Waals surface area (Å²) in [5.41, 5.74) is 7.62. The molecule has 0 radical (unpaired) electrons. The number of hydrogen-bond donors (Lipinski definition) is 2. The summed E-state index contributed by atoms with van der Waals surface area (Å²) in [5, 5.41) is 4.05. The van der Waals surface area contributed by atoms with Crippen molar-refractivity contribution < 1.29 is 9.53 Å². The molecule has 0 spiro atoms. The molecule has 0 saturated heterocycles. The van der Waals surface area contributed by atoms with Crippen LogP contribution in [0.1, 0.15) is 17.3 Å². The maximum Gasteiger partial charge on any atom is 0.340 e. The van der Waals surface area contributed by atoms with Crippen LogP contribution in [-0.4, -0.2) is 12.6 Å². The first-order chi connectivity index (χ1) is 10.0. The van der Waals surface area contributed by atoms with E-state index in [2.05, 4.69) is 5.32 Å². The molecule has 0 heterocycles. The number of hydrogen-bond acceptors (Lipinski definition) is 4. The number of anilines is 3. The molecule has 0 aromatic heterocycles. The largest absolute Gasteiger partial charge is 0.462 e. The summed E-state index contributed by atoms with van der Waals surface area (Å²) in [5.74, 6) is -0.483. The van der Waals surface area contributed by atoms with Gasteiger partial charge in [0.05, 0.1) is 22.9 Å². The summed E-state index contributed by atoms with van der Waals surface area (Å²) < 4.78 is 5.02. The minimum atomic E-state index is -0.483. The van der Waals surface area contributed by atoms with E-state index in [9.17, 15) is 4.79 Å². The minimum absolute atomic E-state index is 0.269. The highest BCUT2D eigenvalue weighted by atomic mass is 35.5. The lowest BCUT2D eigenvalue weighted by atomic mass is 10.1. The smallest absolute Gasteiger partial charge is 0.340 e. The first-order valence-electron chi connectivity index (χ1n) is 6.30. The fourth-order valence-corrected chi connectivity index (χ4v) is 2.20. The molecule has 0 fully saturated rings. The number of esters is 1. The summed E-state index contributed by atoms with van der Waals surface area (Å²) in [6.07, 6.45) is 0. The lowest BCUT2D eigenvalue weighted by Crippen LogP contribution is -2.09. The van der Waals surface area contributed by atoms with Crippen molar-refractivity contribution in [1.29, 1.82) is 0 Å². The van der Waals surface area contributed by atoms with Crippen LogP contribution in [0.25, 0.3) is 0 Å². The topological polar surface area (TPSA) is 64.3 Å². The van der Waals surface area contributed by atoms with Gasteiger partial charge in [-0.1, -0.05) is 23.2 Å². The molecule has 3 N–H and O–H groups in total. The first-order valence-corrected chi connectivity index (χ1v) is 7.05. The summed E-state index contributed by atoms with van der Waals surface area (Å²) in [6, 6.07) is 10.1. The van der Waals surface area contributed by atoms with Crippen LogP contribution in [0.3, 0.4) is 0 Å². The second-order valence-corrected chi connectivity index (χ2v) is 5.12. The zero-order valence-electron chi connectivity index (χ0n) is 11.3. The number of ether oxygens (including phenoxy) is 1. The van der Waals surface area contributed by atoms with Gasteiger partial charge in [0.1, 0.15) is 0 Å². The average molecular weight is 325 g/mol. The number of benzene rings is 2. The molecule has 0 bridgehead atoms. The molecule has 2 aromatic rings. The van der Waals surface area contributed by atoms with Crippen molar-refractivity contribution in [3.05, 3.63) is 52.0 Å². The van der Waals surface area contributed by atoms with Gasteiger partial charge in [-0.05, 0) is 43.3 Å². The zero-order valence-corrected chi connectivity index (χ0v) is 12.8. The number of nitrogens with two attached hydrogens (primary N) is 1. The predicted octanol–water partition coefficient (Wildman–Crippen LogP) is 4.50. The van der Waals surface area contributed by atoms with Crippen molar-refractivity contribution in [3.63, 3.8) is 0 Å². The van der Waals surface area contributed by atoms with E-state index in [0.717, 1.165) is 5.69 Å². The van der Waals surface area contributed by atoms with E-state index in [-0.39, 0.29) is 12.2 Å². The van der Waals surface area contributed by atoms with Crippen molar-refractivity contribution in [1.82, 2.24) is 0 Å².